The van der Waals surface area contributed by atoms with Gasteiger partial charge in [0.15, 0.2) is 11.3 Å². The minimum Gasteiger partial charge on any atom is -0.399 e. The lowest BCUT2D eigenvalue weighted by atomic mass is 10.1. The largest absolute Gasteiger partial charge is 0.399 e. The molecule has 17 nitrogen and oxygen atoms in total. The van der Waals surface area contributed by atoms with Gasteiger partial charge in [0, 0.05) is 47.6 Å². The molecular weight excluding hydrogens is 910 g/mol. The molecule has 0 bridgehead atoms. The summed E-state index contributed by atoms with van der Waals surface area (Å²) in [5, 5.41) is 11.9. The van der Waals surface area contributed by atoms with Crippen molar-refractivity contribution in [3.05, 3.63) is 95.7 Å². The number of hydrogen-bond acceptors (Lipinski definition) is 14. The van der Waals surface area contributed by atoms with E-state index in [9.17, 15) is 16.8 Å². The van der Waals surface area contributed by atoms with Crippen LogP contribution in [0.5, 0.6) is 0 Å². The Kier molecular flexibility index (Phi) is 20.9. The van der Waals surface area contributed by atoms with Crippen molar-refractivity contribution in [3.63, 3.8) is 0 Å². The molecule has 7 N–H and O–H groups in total. The highest BCUT2D eigenvalue weighted by Gasteiger charge is 2.24. The van der Waals surface area contributed by atoms with Crippen LogP contribution in [0.2, 0.25) is 0 Å². The molecule has 4 aromatic heterocycles. The van der Waals surface area contributed by atoms with Crippen LogP contribution in [0.4, 0.5) is 23.0 Å². The molecule has 0 aliphatic heterocycles. The Bertz CT molecular complexity index is 2690. The van der Waals surface area contributed by atoms with Crippen molar-refractivity contribution in [1.82, 2.24) is 44.4 Å². The molecule has 0 saturated heterocycles. The SMILES string of the molecule is C=CS(=O)(=O)Nc1cccc(Cc2nn(C(C)(C)C)c3ncnc(N)c23)c1.CC(C)(C)n1nc(Cc2cccc(N)c2)c2c(N)ncnc21.CCN(CC)CC.O=S(=O)(Cl)CCCl.[2H]CC. The number of fused-ring (bicyclic) bond motifs is 2. The molecule has 0 radical (unpaired) electrons. The van der Waals surface area contributed by atoms with Crippen molar-refractivity contribution in [1.29, 1.82) is 0 Å². The lowest BCUT2D eigenvalue weighted by Gasteiger charge is -2.19. The van der Waals surface area contributed by atoms with Gasteiger partial charge in [0.05, 0.1) is 39.0 Å². The van der Waals surface area contributed by atoms with Crippen molar-refractivity contribution < 1.29 is 18.2 Å². The Morgan fingerprint density at radius 2 is 1.20 bits per heavy atom. The van der Waals surface area contributed by atoms with Gasteiger partial charge in [0.1, 0.15) is 24.3 Å². The van der Waals surface area contributed by atoms with Gasteiger partial charge in [-0.2, -0.15) is 10.2 Å². The molecule has 0 aliphatic carbocycles. The van der Waals surface area contributed by atoms with Crippen LogP contribution in [0.1, 0.15) is 100 Å². The Balaban J connectivity index is 0.000000340. The number of rotatable bonds is 12. The second-order valence-corrected chi connectivity index (χ2v) is 21.0. The van der Waals surface area contributed by atoms with Gasteiger partial charge in [0.2, 0.25) is 9.05 Å². The molecular formula is C44H67Cl2N13O4S2. The molecule has 358 valence electrons. The first kappa shape index (κ1) is 54.3. The van der Waals surface area contributed by atoms with Crippen LogP contribution >= 0.6 is 22.3 Å². The van der Waals surface area contributed by atoms with Crippen LogP contribution in [0.15, 0.2) is 73.2 Å². The van der Waals surface area contributed by atoms with Crippen LogP contribution in [-0.2, 0) is 43.0 Å². The van der Waals surface area contributed by atoms with Crippen molar-refractivity contribution in [2.24, 2.45) is 0 Å². The molecule has 0 aliphatic rings. The third-order valence-electron chi connectivity index (χ3n) is 9.17. The zero-order valence-corrected chi connectivity index (χ0v) is 42.3. The topological polar surface area (TPSA) is 249 Å². The van der Waals surface area contributed by atoms with Crippen molar-refractivity contribution in [3.8, 4) is 0 Å². The maximum Gasteiger partial charge on any atom is 0.254 e. The summed E-state index contributed by atoms with van der Waals surface area (Å²) in [6.07, 6.45) is 4.00. The van der Waals surface area contributed by atoms with Crippen molar-refractivity contribution in [2.75, 3.05) is 53.2 Å². The summed E-state index contributed by atoms with van der Waals surface area (Å²) < 4.78 is 55.6. The molecule has 6 rings (SSSR count). The molecule has 0 atom stereocenters. The van der Waals surface area contributed by atoms with Gasteiger partial charge in [-0.15, -0.1) is 11.6 Å². The Labute approximate surface area is 396 Å². The van der Waals surface area contributed by atoms with Gasteiger partial charge >= 0.3 is 0 Å². The number of aromatic nitrogens is 8. The molecule has 0 spiro atoms. The van der Waals surface area contributed by atoms with E-state index in [1.807, 2.05) is 60.5 Å². The number of alkyl halides is 1. The highest BCUT2D eigenvalue weighted by atomic mass is 35.7. The Morgan fingerprint density at radius 3 is 1.54 bits per heavy atom. The first-order valence-electron chi connectivity index (χ1n) is 21.6. The van der Waals surface area contributed by atoms with Gasteiger partial charge < -0.3 is 22.1 Å². The highest BCUT2D eigenvalue weighted by molar-refractivity contribution is 8.13. The lowest BCUT2D eigenvalue weighted by Crippen LogP contribution is -2.23. The molecule has 2 aromatic carbocycles. The van der Waals surface area contributed by atoms with Gasteiger partial charge in [-0.3, -0.25) is 4.72 Å². The number of anilines is 4. The summed E-state index contributed by atoms with van der Waals surface area (Å²) in [4.78, 5) is 19.3. The summed E-state index contributed by atoms with van der Waals surface area (Å²) >= 11 is 5.02. The van der Waals surface area contributed by atoms with Crippen LogP contribution in [0, 0.1) is 0 Å². The van der Waals surface area contributed by atoms with E-state index >= 15 is 0 Å². The summed E-state index contributed by atoms with van der Waals surface area (Å²) in [6, 6.07) is 14.9. The van der Waals surface area contributed by atoms with Crippen LogP contribution < -0.4 is 21.9 Å². The van der Waals surface area contributed by atoms with Crippen LogP contribution in [-0.4, -0.2) is 92.5 Å². The maximum absolute atomic E-state index is 11.7. The molecule has 0 fully saturated rings. The van der Waals surface area contributed by atoms with Gasteiger partial charge in [0.25, 0.3) is 10.0 Å². The van der Waals surface area contributed by atoms with E-state index in [4.69, 9.17) is 51.1 Å². The number of nitrogens with one attached hydrogen (secondary N) is 1. The zero-order valence-electron chi connectivity index (χ0n) is 40.2. The van der Waals surface area contributed by atoms with Crippen LogP contribution in [0.25, 0.3) is 22.1 Å². The minimum absolute atomic E-state index is 0.0613. The number of hydrogen-bond donors (Lipinski definition) is 4. The first-order chi connectivity index (χ1) is 30.8. The predicted octanol–water partition coefficient (Wildman–Crippen LogP) is 8.14. The molecule has 4 heterocycles. The van der Waals surface area contributed by atoms with E-state index in [1.165, 1.54) is 32.3 Å². The molecule has 6 aromatic rings. The molecule has 0 saturated carbocycles. The van der Waals surface area contributed by atoms with Gasteiger partial charge in [-0.05, 0) is 96.6 Å². The number of nitrogen functional groups attached to an aromatic ring is 3. The number of sulfonamides is 1. The summed E-state index contributed by atoms with van der Waals surface area (Å²) in [7, 11) is -2.18. The number of nitrogens with two attached hydrogens (primary N) is 3. The van der Waals surface area contributed by atoms with Crippen molar-refractivity contribution in [2.45, 2.75) is 100 Å². The third-order valence-corrected chi connectivity index (χ3v) is 11.7. The molecule has 65 heavy (non-hydrogen) atoms. The molecule has 0 amide bonds. The smallest absolute Gasteiger partial charge is 0.254 e. The summed E-state index contributed by atoms with van der Waals surface area (Å²) in [6.45, 7) is 28.1. The monoisotopic (exact) mass is 976 g/mol. The fourth-order valence-corrected chi connectivity index (χ4v) is 7.88. The van der Waals surface area contributed by atoms with E-state index in [0.717, 1.165) is 44.6 Å². The minimum atomic E-state index is -3.56. The zero-order chi connectivity index (χ0) is 50.0. The van der Waals surface area contributed by atoms with E-state index in [2.05, 4.69) is 77.7 Å². The third kappa shape index (κ3) is 17.3. The number of benzene rings is 2. The summed E-state index contributed by atoms with van der Waals surface area (Å²) in [5.41, 5.74) is 23.7. The van der Waals surface area contributed by atoms with E-state index in [1.54, 1.807) is 25.1 Å². The lowest BCUT2D eigenvalue weighted by molar-refractivity contribution is 0.321. The van der Waals surface area contributed by atoms with Crippen molar-refractivity contribution >= 4 is 86.4 Å². The standard InChI is InChI=1S/C18H22N6O2S.C16H20N6.C6H15N.C2H4Cl2O2S.C2H6/c1-5-27(25,26)23-13-8-6-7-12(9-13)10-14-15-16(19)20-11-21-17(15)24(22-14)18(2,3)4;1-16(2,3)22-15-13(14(18)19-9-20-15)12(21-22)8-10-5-4-6-11(17)7-10;1-4-7(5-2)6-3;3-1-2-7(4,5)6;1-2/h5-9,11,23H,1,10H2,2-4H3,(H2,19,20,21);4-7,9H,8,17H2,1-3H3,(H2,18,19,20);4-6H2,1-3H3;1-2H2;1-2H3/i;;;;1D. The first-order valence-corrected chi connectivity index (χ1v) is 25.4. The quantitative estimate of drug-likeness (QED) is 0.0514. The Hall–Kier alpha value is -5.08. The Morgan fingerprint density at radius 1 is 0.769 bits per heavy atom. The summed E-state index contributed by atoms with van der Waals surface area (Å²) in [5.74, 6) is 0.732. The van der Waals surface area contributed by atoms with Gasteiger partial charge in [-0.25, -0.2) is 46.1 Å². The number of nitrogens with zero attached hydrogens (tertiary/aromatic N) is 9. The maximum atomic E-state index is 11.7. The van der Waals surface area contributed by atoms with Gasteiger partial charge in [-0.1, -0.05) is 65.4 Å². The average Bonchev–Trinajstić information content (AvgIpc) is 3.80. The molecule has 21 heteroatoms. The molecule has 0 unspecified atom stereocenters. The van der Waals surface area contributed by atoms with E-state index in [0.29, 0.717) is 48.1 Å². The van der Waals surface area contributed by atoms with E-state index in [-0.39, 0.29) is 22.7 Å². The fraction of sp³-hybridized carbons (Fsp3) is 0.455. The fourth-order valence-electron chi connectivity index (χ4n) is 6.08. The average molecular weight is 978 g/mol. The highest BCUT2D eigenvalue weighted by Crippen LogP contribution is 2.30. The van der Waals surface area contributed by atoms with E-state index < -0.39 is 19.1 Å². The second kappa shape index (κ2) is 25.0. The normalized spacial score (nSPS) is 11.8. The second-order valence-electron chi connectivity index (χ2n) is 16.1. The predicted molar refractivity (Wildman–Crippen MR) is 270 cm³/mol. The number of halogens is 2. The van der Waals surface area contributed by atoms with Crippen LogP contribution in [0.3, 0.4) is 0 Å².